The van der Waals surface area contributed by atoms with E-state index in [2.05, 4.69) is 26.1 Å². The average Bonchev–Trinajstić information content (AvgIpc) is 3.10. The molecule has 3 aromatic rings. The van der Waals surface area contributed by atoms with Gasteiger partial charge in [0.15, 0.2) is 5.78 Å². The van der Waals surface area contributed by atoms with Crippen LogP contribution in [0.25, 0.3) is 11.5 Å². The highest BCUT2D eigenvalue weighted by atomic mass is 79.9. The molecule has 0 N–H and O–H groups in total. The number of aromatic nitrogens is 2. The van der Waals surface area contributed by atoms with Gasteiger partial charge < -0.3 is 9.15 Å². The fourth-order valence-electron chi connectivity index (χ4n) is 2.32. The third kappa shape index (κ3) is 4.34. The number of halogens is 1. The minimum absolute atomic E-state index is 0.00121. The number of thioether (sulfide) groups is 1. The molecule has 1 heterocycles. The first-order chi connectivity index (χ1) is 12.6. The summed E-state index contributed by atoms with van der Waals surface area (Å²) in [5, 5.41) is 8.13. The van der Waals surface area contributed by atoms with Crippen LogP contribution < -0.4 is 4.74 Å². The summed E-state index contributed by atoms with van der Waals surface area (Å²) in [4.78, 5) is 12.6. The Kier molecular flexibility index (Phi) is 6.11. The second-order valence-corrected chi connectivity index (χ2v) is 7.58. The van der Waals surface area contributed by atoms with Gasteiger partial charge in [0.25, 0.3) is 5.22 Å². The minimum atomic E-state index is -0.347. The number of carbonyl (C=O) groups is 1. The quantitative estimate of drug-likeness (QED) is 0.374. The van der Waals surface area contributed by atoms with E-state index in [1.807, 2.05) is 38.1 Å². The molecule has 134 valence electrons. The molecule has 0 saturated heterocycles. The summed E-state index contributed by atoms with van der Waals surface area (Å²) < 4.78 is 12.0. The molecule has 2 aromatic carbocycles. The lowest BCUT2D eigenvalue weighted by Crippen LogP contribution is -2.13. The Labute approximate surface area is 164 Å². The number of ketones is 1. The second kappa shape index (κ2) is 8.51. The zero-order valence-corrected chi connectivity index (χ0v) is 16.7. The van der Waals surface area contributed by atoms with Crippen molar-refractivity contribution in [2.45, 2.75) is 24.3 Å². The van der Waals surface area contributed by atoms with Crippen LogP contribution in [-0.4, -0.2) is 27.8 Å². The average molecular weight is 433 g/mol. The Morgan fingerprint density at radius 3 is 2.62 bits per heavy atom. The number of hydrogen-bond acceptors (Lipinski definition) is 6. The first-order valence-corrected chi connectivity index (χ1v) is 9.78. The SMILES string of the molecule is CCOc1ccc(C(=O)[C@H](C)Sc2nnc(-c3ccccc3Br)o2)cc1. The van der Waals surface area contributed by atoms with Crippen molar-refractivity contribution in [2.24, 2.45) is 0 Å². The smallest absolute Gasteiger partial charge is 0.277 e. The Hall–Kier alpha value is -2.12. The van der Waals surface area contributed by atoms with Gasteiger partial charge in [-0.3, -0.25) is 4.79 Å². The number of ether oxygens (including phenoxy) is 1. The maximum atomic E-state index is 12.6. The van der Waals surface area contributed by atoms with Gasteiger partial charge in [-0.2, -0.15) is 0 Å². The molecular formula is C19H17BrN2O3S. The lowest BCUT2D eigenvalue weighted by molar-refractivity contribution is 0.0993. The van der Waals surface area contributed by atoms with E-state index in [4.69, 9.17) is 9.15 Å². The van der Waals surface area contributed by atoms with Crippen LogP contribution in [0, 0.1) is 0 Å². The fraction of sp³-hybridized carbons (Fsp3) is 0.211. The summed E-state index contributed by atoms with van der Waals surface area (Å²) in [7, 11) is 0. The zero-order valence-electron chi connectivity index (χ0n) is 14.3. The Morgan fingerprint density at radius 1 is 1.19 bits per heavy atom. The predicted molar refractivity (Wildman–Crippen MR) is 105 cm³/mol. The molecule has 0 fully saturated rings. The molecule has 7 heteroatoms. The lowest BCUT2D eigenvalue weighted by atomic mass is 10.1. The third-order valence-corrected chi connectivity index (χ3v) is 5.23. The minimum Gasteiger partial charge on any atom is -0.494 e. The molecule has 0 aliphatic heterocycles. The molecule has 0 aliphatic carbocycles. The fourth-order valence-corrected chi connectivity index (χ4v) is 3.54. The van der Waals surface area contributed by atoms with Gasteiger partial charge >= 0.3 is 0 Å². The normalized spacial score (nSPS) is 12.0. The first-order valence-electron chi connectivity index (χ1n) is 8.10. The Morgan fingerprint density at radius 2 is 1.92 bits per heavy atom. The van der Waals surface area contributed by atoms with E-state index in [1.165, 1.54) is 11.8 Å². The van der Waals surface area contributed by atoms with Crippen LogP contribution in [0.4, 0.5) is 0 Å². The van der Waals surface area contributed by atoms with Crippen molar-refractivity contribution in [1.82, 2.24) is 10.2 Å². The van der Waals surface area contributed by atoms with E-state index < -0.39 is 0 Å². The Bertz CT molecular complexity index is 896. The third-order valence-electron chi connectivity index (χ3n) is 3.61. The van der Waals surface area contributed by atoms with Gasteiger partial charge in [0, 0.05) is 10.0 Å². The summed E-state index contributed by atoms with van der Waals surface area (Å²) in [5.41, 5.74) is 1.44. The standard InChI is InChI=1S/C19H17BrN2O3S/c1-3-24-14-10-8-13(9-11-14)17(23)12(2)26-19-22-21-18(25-19)15-6-4-5-7-16(15)20/h4-12H,3H2,1-2H3/t12-/m0/s1. The summed E-state index contributed by atoms with van der Waals surface area (Å²) in [6.45, 7) is 4.34. The topological polar surface area (TPSA) is 65.2 Å². The highest BCUT2D eigenvalue weighted by molar-refractivity contribution is 9.10. The summed E-state index contributed by atoms with van der Waals surface area (Å²) in [6.07, 6.45) is 0. The van der Waals surface area contributed by atoms with E-state index >= 15 is 0 Å². The van der Waals surface area contributed by atoms with E-state index in [0.29, 0.717) is 23.3 Å². The molecule has 5 nitrogen and oxygen atoms in total. The van der Waals surface area contributed by atoms with Crippen LogP contribution >= 0.6 is 27.7 Å². The molecule has 26 heavy (non-hydrogen) atoms. The van der Waals surface area contributed by atoms with Crippen LogP contribution in [0.3, 0.4) is 0 Å². The predicted octanol–water partition coefficient (Wildman–Crippen LogP) is 5.26. The van der Waals surface area contributed by atoms with E-state index in [1.54, 1.807) is 24.3 Å². The van der Waals surface area contributed by atoms with Crippen LogP contribution in [0.15, 0.2) is 62.6 Å². The number of carbonyl (C=O) groups excluding carboxylic acids is 1. The van der Waals surface area contributed by atoms with Crippen molar-refractivity contribution in [3.63, 3.8) is 0 Å². The van der Waals surface area contributed by atoms with Crippen LogP contribution in [-0.2, 0) is 0 Å². The van der Waals surface area contributed by atoms with E-state index in [0.717, 1.165) is 15.8 Å². The van der Waals surface area contributed by atoms with Crippen molar-refractivity contribution in [2.75, 3.05) is 6.61 Å². The molecule has 0 unspecified atom stereocenters. The monoisotopic (exact) mass is 432 g/mol. The van der Waals surface area contributed by atoms with Gasteiger partial charge in [0.1, 0.15) is 5.75 Å². The maximum absolute atomic E-state index is 12.6. The van der Waals surface area contributed by atoms with Gasteiger partial charge in [0.05, 0.1) is 17.4 Å². The first kappa shape index (κ1) is 18.7. The molecule has 0 radical (unpaired) electrons. The molecule has 0 bridgehead atoms. The number of nitrogens with zero attached hydrogens (tertiary/aromatic N) is 2. The highest BCUT2D eigenvalue weighted by Gasteiger charge is 2.20. The lowest BCUT2D eigenvalue weighted by Gasteiger charge is -2.08. The number of Topliss-reactive ketones (excluding diaryl/α,β-unsaturated/α-hetero) is 1. The van der Waals surface area contributed by atoms with Crippen molar-refractivity contribution in [3.05, 3.63) is 58.6 Å². The second-order valence-electron chi connectivity index (χ2n) is 5.43. The van der Waals surface area contributed by atoms with Crippen molar-refractivity contribution in [1.29, 1.82) is 0 Å². The van der Waals surface area contributed by atoms with Crippen molar-refractivity contribution in [3.8, 4) is 17.2 Å². The molecule has 3 rings (SSSR count). The maximum Gasteiger partial charge on any atom is 0.277 e. The van der Waals surface area contributed by atoms with Crippen molar-refractivity contribution >= 4 is 33.5 Å². The largest absolute Gasteiger partial charge is 0.494 e. The molecule has 0 aliphatic rings. The van der Waals surface area contributed by atoms with Crippen LogP contribution in [0.2, 0.25) is 0 Å². The summed E-state index contributed by atoms with van der Waals surface area (Å²) in [5.74, 6) is 1.17. The molecule has 0 amide bonds. The molecule has 1 atom stereocenters. The van der Waals surface area contributed by atoms with Gasteiger partial charge in [-0.15, -0.1) is 10.2 Å². The van der Waals surface area contributed by atoms with E-state index in [-0.39, 0.29) is 11.0 Å². The zero-order chi connectivity index (χ0) is 18.5. The van der Waals surface area contributed by atoms with Gasteiger partial charge in [-0.1, -0.05) is 23.9 Å². The van der Waals surface area contributed by atoms with Gasteiger partial charge in [-0.25, -0.2) is 0 Å². The Balaban J connectivity index is 1.69. The van der Waals surface area contributed by atoms with Crippen molar-refractivity contribution < 1.29 is 13.9 Å². The summed E-state index contributed by atoms with van der Waals surface area (Å²) >= 11 is 4.71. The van der Waals surface area contributed by atoms with Gasteiger partial charge in [-0.05, 0) is 66.2 Å². The molecular weight excluding hydrogens is 416 g/mol. The number of hydrogen-bond donors (Lipinski definition) is 0. The molecule has 0 saturated carbocycles. The number of rotatable bonds is 7. The molecule has 0 spiro atoms. The van der Waals surface area contributed by atoms with E-state index in [9.17, 15) is 4.79 Å². The van der Waals surface area contributed by atoms with Crippen LogP contribution in [0.5, 0.6) is 5.75 Å². The number of benzene rings is 2. The highest BCUT2D eigenvalue weighted by Crippen LogP contribution is 2.31. The molecule has 1 aromatic heterocycles. The summed E-state index contributed by atoms with van der Waals surface area (Å²) in [6, 6.07) is 14.7. The van der Waals surface area contributed by atoms with Crippen LogP contribution in [0.1, 0.15) is 24.2 Å². The van der Waals surface area contributed by atoms with Gasteiger partial charge in [0.2, 0.25) is 5.89 Å².